The largest absolute Gasteiger partial charge is 0.358 e. The maximum atomic E-state index is 4.53. The molecule has 0 bridgehead atoms. The molecule has 94 valence electrons. The zero-order chi connectivity index (χ0) is 12.8. The molecule has 0 radical (unpaired) electrons. The van der Waals surface area contributed by atoms with Gasteiger partial charge in [-0.05, 0) is 43.0 Å². The van der Waals surface area contributed by atoms with Crippen LogP contribution in [0.15, 0.2) is 35.2 Å². The molecule has 0 amide bonds. The Kier molecular flexibility index (Phi) is 2.45. The fourth-order valence-electron chi connectivity index (χ4n) is 2.90. The van der Waals surface area contributed by atoms with Crippen LogP contribution in [0, 0.1) is 0 Å². The van der Waals surface area contributed by atoms with Gasteiger partial charge in [-0.2, -0.15) is 0 Å². The Morgan fingerprint density at radius 2 is 2.16 bits per heavy atom. The zero-order valence-electron chi connectivity index (χ0n) is 10.3. The Balaban J connectivity index is 2.12. The van der Waals surface area contributed by atoms with Gasteiger partial charge >= 0.3 is 0 Å². The van der Waals surface area contributed by atoms with Gasteiger partial charge < -0.3 is 4.98 Å². The second-order valence-electron chi connectivity index (χ2n) is 4.92. The maximum Gasteiger partial charge on any atom is 0.116 e. The first-order chi connectivity index (χ1) is 9.33. The van der Waals surface area contributed by atoms with E-state index in [-0.39, 0.29) is 0 Å². The van der Waals surface area contributed by atoms with Crippen molar-refractivity contribution in [2.45, 2.75) is 19.3 Å². The summed E-state index contributed by atoms with van der Waals surface area (Å²) in [6.45, 7) is 0. The van der Waals surface area contributed by atoms with E-state index in [1.807, 2.05) is 6.20 Å². The van der Waals surface area contributed by atoms with Crippen LogP contribution in [0.25, 0.3) is 22.2 Å². The minimum atomic E-state index is 1.05. The fourth-order valence-corrected chi connectivity index (χ4v) is 3.26. The van der Waals surface area contributed by atoms with Crippen molar-refractivity contribution in [3.8, 4) is 11.3 Å². The average Bonchev–Trinajstić information content (AvgIpc) is 2.66. The van der Waals surface area contributed by atoms with E-state index in [0.717, 1.165) is 29.4 Å². The SMILES string of the molecule is Brc1ccc2[nH]c3c(c2c1)-c1ncncc1CCC3. The number of aromatic amines is 1. The Bertz CT molecular complexity index is 776. The first-order valence-electron chi connectivity index (χ1n) is 6.42. The molecule has 1 aliphatic carbocycles. The van der Waals surface area contributed by atoms with Gasteiger partial charge in [0.15, 0.2) is 0 Å². The molecule has 3 aromatic rings. The lowest BCUT2D eigenvalue weighted by Crippen LogP contribution is -1.92. The van der Waals surface area contributed by atoms with Crippen molar-refractivity contribution >= 4 is 26.8 Å². The number of nitrogens with zero attached hydrogens (tertiary/aromatic N) is 2. The number of hydrogen-bond donors (Lipinski definition) is 1. The minimum absolute atomic E-state index is 1.05. The van der Waals surface area contributed by atoms with Gasteiger partial charge in [0.25, 0.3) is 0 Å². The van der Waals surface area contributed by atoms with Gasteiger partial charge in [-0.1, -0.05) is 15.9 Å². The highest BCUT2D eigenvalue weighted by Gasteiger charge is 2.20. The molecule has 0 saturated carbocycles. The molecule has 2 aromatic heterocycles. The van der Waals surface area contributed by atoms with Crippen molar-refractivity contribution in [2.75, 3.05) is 0 Å². The van der Waals surface area contributed by atoms with Gasteiger partial charge in [-0.3, -0.25) is 0 Å². The van der Waals surface area contributed by atoms with E-state index in [1.54, 1.807) is 6.33 Å². The summed E-state index contributed by atoms with van der Waals surface area (Å²) in [5, 5.41) is 1.24. The monoisotopic (exact) mass is 313 g/mol. The highest BCUT2D eigenvalue weighted by atomic mass is 79.9. The van der Waals surface area contributed by atoms with Crippen LogP contribution in [0.2, 0.25) is 0 Å². The van der Waals surface area contributed by atoms with Crippen molar-refractivity contribution in [1.29, 1.82) is 0 Å². The van der Waals surface area contributed by atoms with E-state index in [1.165, 1.54) is 27.7 Å². The van der Waals surface area contributed by atoms with Crippen LogP contribution in [0.4, 0.5) is 0 Å². The minimum Gasteiger partial charge on any atom is -0.358 e. The molecule has 1 aromatic carbocycles. The lowest BCUT2D eigenvalue weighted by Gasteiger charge is -2.04. The molecule has 3 nitrogen and oxygen atoms in total. The molecule has 4 heteroatoms. The molecule has 0 unspecified atom stereocenters. The fraction of sp³-hybridized carbons (Fsp3) is 0.200. The molecule has 2 heterocycles. The van der Waals surface area contributed by atoms with Crippen molar-refractivity contribution in [1.82, 2.24) is 15.0 Å². The van der Waals surface area contributed by atoms with Crippen LogP contribution >= 0.6 is 15.9 Å². The summed E-state index contributed by atoms with van der Waals surface area (Å²) in [6, 6.07) is 6.36. The number of fused-ring (bicyclic) bond motifs is 5. The first kappa shape index (κ1) is 11.2. The number of nitrogens with one attached hydrogen (secondary N) is 1. The van der Waals surface area contributed by atoms with Crippen molar-refractivity contribution < 1.29 is 0 Å². The molecular weight excluding hydrogens is 302 g/mol. The zero-order valence-corrected chi connectivity index (χ0v) is 11.9. The van der Waals surface area contributed by atoms with Crippen molar-refractivity contribution in [2.24, 2.45) is 0 Å². The molecule has 0 spiro atoms. The highest BCUT2D eigenvalue weighted by molar-refractivity contribution is 9.10. The van der Waals surface area contributed by atoms with Crippen LogP contribution in [0.5, 0.6) is 0 Å². The predicted octanol–water partition coefficient (Wildman–Crippen LogP) is 3.88. The Morgan fingerprint density at radius 3 is 3.11 bits per heavy atom. The molecule has 19 heavy (non-hydrogen) atoms. The van der Waals surface area contributed by atoms with E-state index in [4.69, 9.17) is 0 Å². The second kappa shape index (κ2) is 4.17. The summed E-state index contributed by atoms with van der Waals surface area (Å²) >= 11 is 3.56. The summed E-state index contributed by atoms with van der Waals surface area (Å²) in [5.74, 6) is 0. The van der Waals surface area contributed by atoms with Crippen molar-refractivity contribution in [3.05, 3.63) is 46.5 Å². The van der Waals surface area contributed by atoms with Crippen molar-refractivity contribution in [3.63, 3.8) is 0 Å². The third-order valence-electron chi connectivity index (χ3n) is 3.74. The molecule has 0 atom stereocenters. The average molecular weight is 314 g/mol. The maximum absolute atomic E-state index is 4.53. The molecule has 0 fully saturated rings. The van der Waals surface area contributed by atoms with Gasteiger partial charge in [-0.15, -0.1) is 0 Å². The summed E-state index contributed by atoms with van der Waals surface area (Å²) in [5.41, 5.74) is 6.07. The van der Waals surface area contributed by atoms with E-state index in [2.05, 4.69) is 49.1 Å². The summed E-state index contributed by atoms with van der Waals surface area (Å²) in [7, 11) is 0. The first-order valence-corrected chi connectivity index (χ1v) is 7.21. The van der Waals surface area contributed by atoms with E-state index < -0.39 is 0 Å². The highest BCUT2D eigenvalue weighted by Crippen LogP contribution is 2.37. The second-order valence-corrected chi connectivity index (χ2v) is 5.83. The number of hydrogen-bond acceptors (Lipinski definition) is 2. The number of aryl methyl sites for hydroxylation is 2. The Labute approximate surface area is 119 Å². The molecule has 0 aliphatic heterocycles. The van der Waals surface area contributed by atoms with Gasteiger partial charge in [-0.25, -0.2) is 9.97 Å². The van der Waals surface area contributed by atoms with Gasteiger partial charge in [0, 0.05) is 32.8 Å². The van der Waals surface area contributed by atoms with E-state index in [0.29, 0.717) is 0 Å². The summed E-state index contributed by atoms with van der Waals surface area (Å²) in [4.78, 5) is 12.2. The normalized spacial score (nSPS) is 13.9. The van der Waals surface area contributed by atoms with E-state index >= 15 is 0 Å². The topological polar surface area (TPSA) is 41.6 Å². The number of benzene rings is 1. The third kappa shape index (κ3) is 1.70. The van der Waals surface area contributed by atoms with Crippen LogP contribution in [0.3, 0.4) is 0 Å². The standard InChI is InChI=1S/C15H12BrN3/c16-10-4-5-12-11(6-10)14-13(19-12)3-1-2-9-7-17-8-18-15(9)14/h4-8,19H,1-3H2. The van der Waals surface area contributed by atoms with Crippen LogP contribution < -0.4 is 0 Å². The number of H-pyrrole nitrogens is 1. The lowest BCUT2D eigenvalue weighted by molar-refractivity contribution is 0.815. The molecule has 1 aliphatic rings. The van der Waals surface area contributed by atoms with Gasteiger partial charge in [0.1, 0.15) is 6.33 Å². The number of rotatable bonds is 0. The summed E-state index contributed by atoms with van der Waals surface area (Å²) < 4.78 is 1.10. The quantitative estimate of drug-likeness (QED) is 0.684. The van der Waals surface area contributed by atoms with Crippen LogP contribution in [-0.4, -0.2) is 15.0 Å². The third-order valence-corrected chi connectivity index (χ3v) is 4.23. The summed E-state index contributed by atoms with van der Waals surface area (Å²) in [6.07, 6.45) is 6.85. The Hall–Kier alpha value is -1.68. The molecule has 0 saturated heterocycles. The molecular formula is C15H12BrN3. The predicted molar refractivity (Wildman–Crippen MR) is 79.0 cm³/mol. The van der Waals surface area contributed by atoms with Gasteiger partial charge in [0.2, 0.25) is 0 Å². The van der Waals surface area contributed by atoms with Crippen LogP contribution in [0.1, 0.15) is 17.7 Å². The molecule has 4 rings (SSSR count). The number of halogens is 1. The molecule has 1 N–H and O–H groups in total. The van der Waals surface area contributed by atoms with E-state index in [9.17, 15) is 0 Å². The number of aromatic nitrogens is 3. The van der Waals surface area contributed by atoms with Crippen LogP contribution in [-0.2, 0) is 12.8 Å². The smallest absolute Gasteiger partial charge is 0.116 e. The van der Waals surface area contributed by atoms with Gasteiger partial charge in [0.05, 0.1) is 5.69 Å². The lowest BCUT2D eigenvalue weighted by atomic mass is 10.0. The Morgan fingerprint density at radius 1 is 1.21 bits per heavy atom.